The van der Waals surface area contributed by atoms with Crippen molar-refractivity contribution in [2.24, 2.45) is 5.92 Å². The van der Waals surface area contributed by atoms with Gasteiger partial charge in [-0.1, -0.05) is 24.3 Å². The molecule has 2 aliphatic rings. The zero-order valence-electron chi connectivity index (χ0n) is 24.3. The Morgan fingerprint density at radius 3 is 2.42 bits per heavy atom. The monoisotopic (exact) mass is 601 g/mol. The summed E-state index contributed by atoms with van der Waals surface area (Å²) in [7, 11) is 0.383. The molecule has 2 amide bonds. The third-order valence-corrected chi connectivity index (χ3v) is 9.49. The van der Waals surface area contributed by atoms with E-state index in [0.29, 0.717) is 68.9 Å². The quantitative estimate of drug-likeness (QED) is 0.263. The predicted molar refractivity (Wildman–Crippen MR) is 162 cm³/mol. The van der Waals surface area contributed by atoms with Crippen LogP contribution >= 0.6 is 0 Å². The van der Waals surface area contributed by atoms with Crippen LogP contribution in [0.1, 0.15) is 39.9 Å². The summed E-state index contributed by atoms with van der Waals surface area (Å²) in [5, 5.41) is 0.674. The molecule has 1 fully saturated rings. The van der Waals surface area contributed by atoms with Gasteiger partial charge in [0.2, 0.25) is 15.9 Å². The lowest BCUT2D eigenvalue weighted by Crippen LogP contribution is -2.39. The fourth-order valence-electron chi connectivity index (χ4n) is 5.75. The van der Waals surface area contributed by atoms with E-state index in [-0.39, 0.29) is 24.1 Å². The molecule has 0 spiro atoms. The van der Waals surface area contributed by atoms with E-state index in [1.807, 2.05) is 13.0 Å². The SMILES string of the molecule is COc1ccccc1N(C(=O)C1CC1)S(=O)(=O)Cc1ccc(N2Cc3c(c(OC)c4cccnc4c3OC)C2=O)c(C)c1. The normalized spacial score (nSPS) is 14.5. The number of hydrogen-bond donors (Lipinski definition) is 0. The van der Waals surface area contributed by atoms with E-state index in [2.05, 4.69) is 4.98 Å². The van der Waals surface area contributed by atoms with Crippen molar-refractivity contribution >= 4 is 44.1 Å². The van der Waals surface area contributed by atoms with Crippen molar-refractivity contribution in [1.82, 2.24) is 4.98 Å². The molecule has 222 valence electrons. The van der Waals surface area contributed by atoms with Crippen LogP contribution in [-0.4, -0.2) is 46.5 Å². The number of carbonyl (C=O) groups excluding carboxylic acids is 2. The average molecular weight is 602 g/mol. The Bertz CT molecular complexity index is 1890. The number of aromatic nitrogens is 1. The second-order valence-electron chi connectivity index (χ2n) is 10.6. The number of anilines is 2. The number of rotatable bonds is 9. The minimum atomic E-state index is -4.13. The summed E-state index contributed by atoms with van der Waals surface area (Å²) in [5.41, 5.74) is 3.70. The van der Waals surface area contributed by atoms with Crippen LogP contribution in [0.4, 0.5) is 11.4 Å². The molecule has 6 rings (SSSR count). The molecule has 1 aliphatic carbocycles. The standard InChI is InChI=1S/C32H31N3O7S/c1-19-16-20(18-43(38,39)35(31(36)21-12-13-21)25-9-5-6-10-26(25)40-2)11-14-24(19)34-17-23-27(32(34)37)29(41-3)22-8-7-15-33-28(22)30(23)42-4/h5-11,14-16,21H,12-13,17-18H2,1-4H3. The minimum Gasteiger partial charge on any atom is -0.495 e. The summed E-state index contributed by atoms with van der Waals surface area (Å²) in [6, 6.07) is 15.3. The van der Waals surface area contributed by atoms with Gasteiger partial charge in [-0.3, -0.25) is 14.6 Å². The van der Waals surface area contributed by atoms with Gasteiger partial charge in [0.1, 0.15) is 22.7 Å². The van der Waals surface area contributed by atoms with Gasteiger partial charge >= 0.3 is 0 Å². The topological polar surface area (TPSA) is 115 Å². The molecule has 2 heterocycles. The second-order valence-corrected chi connectivity index (χ2v) is 12.5. The maximum atomic E-state index is 13.8. The maximum absolute atomic E-state index is 13.8. The summed E-state index contributed by atoms with van der Waals surface area (Å²) < 4.78 is 45.3. The Morgan fingerprint density at radius 1 is 1.00 bits per heavy atom. The van der Waals surface area contributed by atoms with Crippen LogP contribution in [0.3, 0.4) is 0 Å². The molecule has 11 heteroatoms. The van der Waals surface area contributed by atoms with Crippen molar-refractivity contribution in [2.75, 3.05) is 30.5 Å². The van der Waals surface area contributed by atoms with Crippen LogP contribution in [0.2, 0.25) is 0 Å². The Morgan fingerprint density at radius 2 is 1.74 bits per heavy atom. The van der Waals surface area contributed by atoms with E-state index < -0.39 is 21.7 Å². The molecule has 0 saturated heterocycles. The third kappa shape index (κ3) is 4.83. The first kappa shape index (κ1) is 28.5. The zero-order chi connectivity index (χ0) is 30.5. The number of pyridine rings is 1. The Hall–Kier alpha value is -4.64. The molecule has 4 aromatic rings. The van der Waals surface area contributed by atoms with E-state index in [1.54, 1.807) is 66.7 Å². The fraction of sp³-hybridized carbons (Fsp3) is 0.281. The highest BCUT2D eigenvalue weighted by atomic mass is 32.2. The Labute approximate surface area is 249 Å². The number of ether oxygens (including phenoxy) is 3. The van der Waals surface area contributed by atoms with Gasteiger partial charge in [-0.15, -0.1) is 0 Å². The van der Waals surface area contributed by atoms with E-state index >= 15 is 0 Å². The lowest BCUT2D eigenvalue weighted by molar-refractivity contribution is -0.118. The second kappa shape index (κ2) is 10.9. The third-order valence-electron chi connectivity index (χ3n) is 7.86. The smallest absolute Gasteiger partial charge is 0.262 e. The number of carbonyl (C=O) groups is 2. The van der Waals surface area contributed by atoms with Gasteiger partial charge in [0, 0.05) is 28.8 Å². The Balaban J connectivity index is 1.34. The lowest BCUT2D eigenvalue weighted by atomic mass is 10.0. The first-order valence-corrected chi connectivity index (χ1v) is 15.4. The molecule has 0 bridgehead atoms. The highest BCUT2D eigenvalue weighted by Gasteiger charge is 2.41. The van der Waals surface area contributed by atoms with E-state index in [1.165, 1.54) is 14.2 Å². The maximum Gasteiger partial charge on any atom is 0.262 e. The number of methoxy groups -OCH3 is 3. The van der Waals surface area contributed by atoms with Crippen LogP contribution in [0, 0.1) is 12.8 Å². The number of aryl methyl sites for hydroxylation is 1. The molecule has 1 aliphatic heterocycles. The van der Waals surface area contributed by atoms with Crippen molar-refractivity contribution in [1.29, 1.82) is 0 Å². The largest absolute Gasteiger partial charge is 0.495 e. The molecule has 0 unspecified atom stereocenters. The summed E-state index contributed by atoms with van der Waals surface area (Å²) in [5.74, 6) is -0.195. The van der Waals surface area contributed by atoms with Crippen LogP contribution in [0.25, 0.3) is 10.9 Å². The van der Waals surface area contributed by atoms with Crippen molar-refractivity contribution in [3.05, 3.63) is 83.0 Å². The number of amides is 2. The highest BCUT2D eigenvalue weighted by Crippen LogP contribution is 2.45. The first-order valence-electron chi connectivity index (χ1n) is 13.8. The van der Waals surface area contributed by atoms with E-state index in [4.69, 9.17) is 14.2 Å². The number of para-hydroxylation sites is 2. The summed E-state index contributed by atoms with van der Waals surface area (Å²) in [4.78, 5) is 33.2. The number of benzene rings is 3. The fourth-order valence-corrected chi connectivity index (χ4v) is 7.35. The zero-order valence-corrected chi connectivity index (χ0v) is 25.1. The van der Waals surface area contributed by atoms with Crippen LogP contribution in [0.15, 0.2) is 60.8 Å². The van der Waals surface area contributed by atoms with Crippen LogP contribution in [-0.2, 0) is 27.1 Å². The number of nitrogens with zero attached hydrogens (tertiary/aromatic N) is 3. The van der Waals surface area contributed by atoms with Gasteiger partial charge in [-0.2, -0.15) is 0 Å². The van der Waals surface area contributed by atoms with Crippen molar-refractivity contribution in [2.45, 2.75) is 32.1 Å². The molecule has 0 radical (unpaired) electrons. The van der Waals surface area contributed by atoms with Crippen molar-refractivity contribution in [3.8, 4) is 17.2 Å². The summed E-state index contributed by atoms with van der Waals surface area (Å²) >= 11 is 0. The molecule has 1 saturated carbocycles. The number of hydrogen-bond acceptors (Lipinski definition) is 8. The van der Waals surface area contributed by atoms with Crippen molar-refractivity contribution < 1.29 is 32.2 Å². The van der Waals surface area contributed by atoms with Gasteiger partial charge in [0.05, 0.1) is 39.2 Å². The van der Waals surface area contributed by atoms with Crippen LogP contribution < -0.4 is 23.4 Å². The molecule has 1 aromatic heterocycles. The van der Waals surface area contributed by atoms with Crippen LogP contribution in [0.5, 0.6) is 17.2 Å². The lowest BCUT2D eigenvalue weighted by Gasteiger charge is -2.25. The number of fused-ring (bicyclic) bond motifs is 2. The van der Waals surface area contributed by atoms with E-state index in [9.17, 15) is 18.0 Å². The van der Waals surface area contributed by atoms with E-state index in [0.717, 1.165) is 4.31 Å². The van der Waals surface area contributed by atoms with Gasteiger partial charge in [-0.05, 0) is 61.2 Å². The molecule has 43 heavy (non-hydrogen) atoms. The average Bonchev–Trinajstić information content (AvgIpc) is 3.80. The summed E-state index contributed by atoms with van der Waals surface area (Å²) in [6.07, 6.45) is 2.97. The summed E-state index contributed by atoms with van der Waals surface area (Å²) in [6.45, 7) is 2.05. The van der Waals surface area contributed by atoms with Gasteiger partial charge < -0.3 is 19.1 Å². The molecular formula is C32H31N3O7S. The molecule has 0 N–H and O–H groups in total. The van der Waals surface area contributed by atoms with Gasteiger partial charge in [-0.25, -0.2) is 12.7 Å². The highest BCUT2D eigenvalue weighted by molar-refractivity contribution is 7.92. The first-order chi connectivity index (χ1) is 20.7. The Kier molecular flexibility index (Phi) is 7.21. The van der Waals surface area contributed by atoms with Gasteiger partial charge in [0.15, 0.2) is 5.75 Å². The molecule has 10 nitrogen and oxygen atoms in total. The van der Waals surface area contributed by atoms with Crippen molar-refractivity contribution in [3.63, 3.8) is 0 Å². The molecule has 3 aromatic carbocycles. The predicted octanol–water partition coefficient (Wildman–Crippen LogP) is 5.00. The minimum absolute atomic E-state index is 0.195. The van der Waals surface area contributed by atoms with Gasteiger partial charge in [0.25, 0.3) is 5.91 Å². The molecular weight excluding hydrogens is 570 g/mol. The molecule has 0 atom stereocenters. The number of sulfonamides is 1.